The summed E-state index contributed by atoms with van der Waals surface area (Å²) in [5, 5.41) is 2.81. The molecule has 2 heterocycles. The molecule has 2 aromatic heterocycles. The predicted molar refractivity (Wildman–Crippen MR) is 94.8 cm³/mol. The van der Waals surface area contributed by atoms with Gasteiger partial charge in [0.25, 0.3) is 5.91 Å². The number of aromatic nitrogens is 2. The summed E-state index contributed by atoms with van der Waals surface area (Å²) in [4.78, 5) is 20.8. The molecule has 5 nitrogen and oxygen atoms in total. The van der Waals surface area contributed by atoms with Crippen LogP contribution in [-0.2, 0) is 6.54 Å². The number of amides is 1. The molecule has 0 bridgehead atoms. The van der Waals surface area contributed by atoms with Crippen molar-refractivity contribution in [2.45, 2.75) is 6.54 Å². The van der Waals surface area contributed by atoms with E-state index in [1.165, 1.54) is 12.1 Å². The van der Waals surface area contributed by atoms with Crippen molar-refractivity contribution in [1.82, 2.24) is 15.3 Å². The molecule has 0 fully saturated rings. The molecule has 26 heavy (non-hydrogen) atoms. The number of nitrogens with zero attached hydrogens (tertiary/aromatic N) is 2. The quantitative estimate of drug-likeness (QED) is 0.607. The van der Waals surface area contributed by atoms with Crippen LogP contribution in [0.4, 0.5) is 4.39 Å². The Balaban J connectivity index is 1.53. The Bertz CT molecular complexity index is 1060. The lowest BCUT2D eigenvalue weighted by Crippen LogP contribution is -2.22. The highest BCUT2D eigenvalue weighted by atomic mass is 19.1. The summed E-state index contributed by atoms with van der Waals surface area (Å²) in [6.07, 6.45) is 3.33. The van der Waals surface area contributed by atoms with E-state index in [-0.39, 0.29) is 11.7 Å². The molecule has 128 valence electrons. The summed E-state index contributed by atoms with van der Waals surface area (Å²) in [6.45, 7) is 0.318. The summed E-state index contributed by atoms with van der Waals surface area (Å²) in [6, 6.07) is 14.7. The fourth-order valence-electron chi connectivity index (χ4n) is 2.57. The smallest absolute Gasteiger partial charge is 0.251 e. The zero-order valence-corrected chi connectivity index (χ0v) is 13.6. The van der Waals surface area contributed by atoms with Crippen molar-refractivity contribution in [1.29, 1.82) is 0 Å². The van der Waals surface area contributed by atoms with Crippen LogP contribution in [0, 0.1) is 5.82 Å². The van der Waals surface area contributed by atoms with Crippen molar-refractivity contribution in [3.05, 3.63) is 83.9 Å². The first-order valence-corrected chi connectivity index (χ1v) is 8.03. The monoisotopic (exact) mass is 347 g/mol. The highest BCUT2D eigenvalue weighted by molar-refractivity contribution is 5.97. The Morgan fingerprint density at radius 1 is 1.04 bits per heavy atom. The first-order chi connectivity index (χ1) is 12.7. The number of carbonyl (C=O) groups is 1. The Kier molecular flexibility index (Phi) is 4.15. The molecule has 0 saturated heterocycles. The van der Waals surface area contributed by atoms with Gasteiger partial charge in [0.05, 0.1) is 0 Å². The summed E-state index contributed by atoms with van der Waals surface area (Å²) in [5.74, 6) is -0.0579. The minimum atomic E-state index is -0.304. The molecule has 4 rings (SSSR count). The van der Waals surface area contributed by atoms with Crippen LogP contribution in [0.3, 0.4) is 0 Å². The van der Waals surface area contributed by atoms with Gasteiger partial charge in [0, 0.05) is 30.1 Å². The lowest BCUT2D eigenvalue weighted by Gasteiger charge is -2.05. The van der Waals surface area contributed by atoms with Crippen LogP contribution in [0.25, 0.3) is 22.6 Å². The van der Waals surface area contributed by atoms with Crippen LogP contribution in [0.5, 0.6) is 0 Å². The zero-order chi connectivity index (χ0) is 17.9. The number of rotatable bonds is 4. The van der Waals surface area contributed by atoms with E-state index in [0.29, 0.717) is 29.1 Å². The second-order valence-electron chi connectivity index (χ2n) is 5.75. The van der Waals surface area contributed by atoms with E-state index in [1.54, 1.807) is 54.9 Å². The van der Waals surface area contributed by atoms with Gasteiger partial charge < -0.3 is 9.73 Å². The van der Waals surface area contributed by atoms with Crippen LogP contribution < -0.4 is 5.32 Å². The van der Waals surface area contributed by atoms with Gasteiger partial charge in [-0.1, -0.05) is 12.1 Å². The van der Waals surface area contributed by atoms with Crippen LogP contribution >= 0.6 is 0 Å². The van der Waals surface area contributed by atoms with E-state index >= 15 is 0 Å². The molecule has 6 heteroatoms. The number of benzene rings is 2. The Hall–Kier alpha value is -3.54. The zero-order valence-electron chi connectivity index (χ0n) is 13.6. The van der Waals surface area contributed by atoms with Crippen LogP contribution in [-0.4, -0.2) is 15.9 Å². The van der Waals surface area contributed by atoms with Gasteiger partial charge in [0.2, 0.25) is 5.89 Å². The number of oxazole rings is 1. The van der Waals surface area contributed by atoms with Crippen LogP contribution in [0.1, 0.15) is 15.9 Å². The molecular weight excluding hydrogens is 333 g/mol. The molecule has 4 aromatic rings. The Morgan fingerprint density at radius 3 is 2.58 bits per heavy atom. The standard InChI is InChI=1S/C20H14FN3O2/c21-16-4-1-13(2-5-16)12-23-19(25)15-3-6-18-17(11-15)24-20(26-18)14-7-9-22-10-8-14/h1-11H,12H2,(H,23,25). The second-order valence-corrected chi connectivity index (χ2v) is 5.75. The number of halogens is 1. The third kappa shape index (κ3) is 3.30. The van der Waals surface area contributed by atoms with Gasteiger partial charge in [0.15, 0.2) is 5.58 Å². The third-order valence-corrected chi connectivity index (χ3v) is 3.94. The van der Waals surface area contributed by atoms with Gasteiger partial charge in [-0.05, 0) is 48.0 Å². The van der Waals surface area contributed by atoms with E-state index < -0.39 is 0 Å². The summed E-state index contributed by atoms with van der Waals surface area (Å²) < 4.78 is 18.6. The average molecular weight is 347 g/mol. The molecular formula is C20H14FN3O2. The van der Waals surface area contributed by atoms with Crippen molar-refractivity contribution in [2.75, 3.05) is 0 Å². The minimum Gasteiger partial charge on any atom is -0.436 e. The fraction of sp³-hybridized carbons (Fsp3) is 0.0500. The molecule has 0 saturated carbocycles. The summed E-state index contributed by atoms with van der Waals surface area (Å²) in [5.41, 5.74) is 3.33. The van der Waals surface area contributed by atoms with Crippen molar-refractivity contribution < 1.29 is 13.6 Å². The van der Waals surface area contributed by atoms with Gasteiger partial charge in [-0.15, -0.1) is 0 Å². The van der Waals surface area contributed by atoms with Crippen LogP contribution in [0.15, 0.2) is 71.4 Å². The summed E-state index contributed by atoms with van der Waals surface area (Å²) in [7, 11) is 0. The molecule has 0 aliphatic rings. The maximum absolute atomic E-state index is 12.9. The SMILES string of the molecule is O=C(NCc1ccc(F)cc1)c1ccc2oc(-c3ccncc3)nc2c1. The van der Waals surface area contributed by atoms with Crippen molar-refractivity contribution in [3.8, 4) is 11.5 Å². The topological polar surface area (TPSA) is 68.0 Å². The summed E-state index contributed by atoms with van der Waals surface area (Å²) >= 11 is 0. The van der Waals surface area contributed by atoms with Gasteiger partial charge >= 0.3 is 0 Å². The van der Waals surface area contributed by atoms with E-state index in [9.17, 15) is 9.18 Å². The lowest BCUT2D eigenvalue weighted by molar-refractivity contribution is 0.0951. The van der Waals surface area contributed by atoms with E-state index in [1.807, 2.05) is 0 Å². The minimum absolute atomic E-state index is 0.232. The van der Waals surface area contributed by atoms with E-state index in [2.05, 4.69) is 15.3 Å². The fourth-order valence-corrected chi connectivity index (χ4v) is 2.57. The normalized spacial score (nSPS) is 10.8. The van der Waals surface area contributed by atoms with Gasteiger partial charge in [-0.25, -0.2) is 9.37 Å². The largest absolute Gasteiger partial charge is 0.436 e. The number of fused-ring (bicyclic) bond motifs is 1. The number of pyridine rings is 1. The first-order valence-electron chi connectivity index (χ1n) is 8.03. The molecule has 1 amide bonds. The molecule has 0 radical (unpaired) electrons. The molecule has 2 aromatic carbocycles. The van der Waals surface area contributed by atoms with Crippen molar-refractivity contribution in [3.63, 3.8) is 0 Å². The predicted octanol–water partition coefficient (Wildman–Crippen LogP) is 3.96. The highest BCUT2D eigenvalue weighted by Gasteiger charge is 2.12. The maximum Gasteiger partial charge on any atom is 0.251 e. The van der Waals surface area contributed by atoms with Gasteiger partial charge in [-0.2, -0.15) is 0 Å². The molecule has 0 atom stereocenters. The highest BCUT2D eigenvalue weighted by Crippen LogP contribution is 2.24. The molecule has 0 aliphatic heterocycles. The number of hydrogen-bond donors (Lipinski definition) is 1. The lowest BCUT2D eigenvalue weighted by atomic mass is 10.1. The van der Waals surface area contributed by atoms with Gasteiger partial charge in [0.1, 0.15) is 11.3 Å². The van der Waals surface area contributed by atoms with Crippen LogP contribution in [0.2, 0.25) is 0 Å². The van der Waals surface area contributed by atoms with Crippen molar-refractivity contribution in [2.24, 2.45) is 0 Å². The van der Waals surface area contributed by atoms with Gasteiger partial charge in [-0.3, -0.25) is 9.78 Å². The molecule has 0 unspecified atom stereocenters. The molecule has 1 N–H and O–H groups in total. The van der Waals surface area contributed by atoms with Crippen molar-refractivity contribution >= 4 is 17.0 Å². The Labute approximate surface area is 148 Å². The average Bonchev–Trinajstić information content (AvgIpc) is 3.11. The number of nitrogens with one attached hydrogen (secondary N) is 1. The molecule has 0 spiro atoms. The Morgan fingerprint density at radius 2 is 1.81 bits per heavy atom. The van der Waals surface area contributed by atoms with E-state index in [0.717, 1.165) is 11.1 Å². The second kappa shape index (κ2) is 6.76. The number of hydrogen-bond acceptors (Lipinski definition) is 4. The third-order valence-electron chi connectivity index (χ3n) is 3.94. The van der Waals surface area contributed by atoms with E-state index in [4.69, 9.17) is 4.42 Å². The first kappa shape index (κ1) is 16.0. The molecule has 0 aliphatic carbocycles. The number of carbonyl (C=O) groups excluding carboxylic acids is 1. The maximum atomic E-state index is 12.9.